The Kier molecular flexibility index (Phi) is 6.28. The van der Waals surface area contributed by atoms with Gasteiger partial charge >= 0.3 is 0 Å². The Morgan fingerprint density at radius 1 is 1.43 bits per heavy atom. The highest BCUT2D eigenvalue weighted by atomic mass is 15.4. The molecular formula is C10H24N4. The minimum absolute atomic E-state index is 0.261. The van der Waals surface area contributed by atoms with Crippen molar-refractivity contribution in [1.82, 2.24) is 10.3 Å². The van der Waals surface area contributed by atoms with Gasteiger partial charge in [-0.3, -0.25) is 5.43 Å². The average Bonchev–Trinajstić information content (AvgIpc) is 2.13. The molecule has 0 aliphatic rings. The zero-order valence-electron chi connectivity index (χ0n) is 10.0. The lowest BCUT2D eigenvalue weighted by Crippen LogP contribution is -2.47. The molecule has 3 N–H and O–H groups in total. The third-order valence-electron chi connectivity index (χ3n) is 2.21. The topological polar surface area (TPSA) is 53.6 Å². The van der Waals surface area contributed by atoms with Gasteiger partial charge in [0.1, 0.15) is 0 Å². The van der Waals surface area contributed by atoms with Crippen LogP contribution in [-0.2, 0) is 0 Å². The number of nitrogens with zero attached hydrogens (tertiary/aromatic N) is 2. The molecule has 0 aromatic rings. The fraction of sp³-hybridized carbons (Fsp3) is 0.900. The first-order valence-electron chi connectivity index (χ1n) is 5.30. The van der Waals surface area contributed by atoms with Crippen molar-refractivity contribution in [2.45, 2.75) is 52.6 Å². The molecule has 0 rings (SSSR count). The lowest BCUT2D eigenvalue weighted by atomic mass is 10.2. The molecule has 0 heterocycles. The highest BCUT2D eigenvalue weighted by Crippen LogP contribution is 2.04. The Hall–Kier alpha value is -0.770. The molecule has 0 bridgehead atoms. The minimum atomic E-state index is 0.261. The van der Waals surface area contributed by atoms with Gasteiger partial charge in [-0.1, -0.05) is 13.3 Å². The summed E-state index contributed by atoms with van der Waals surface area (Å²) >= 11 is 0. The smallest absolute Gasteiger partial charge is 0.208 e. The molecule has 14 heavy (non-hydrogen) atoms. The first-order chi connectivity index (χ1) is 6.52. The van der Waals surface area contributed by atoms with E-state index in [1.807, 2.05) is 20.9 Å². The molecule has 0 aromatic carbocycles. The molecule has 0 aliphatic carbocycles. The van der Waals surface area contributed by atoms with E-state index in [-0.39, 0.29) is 6.04 Å². The largest absolute Gasteiger partial charge is 0.342 e. The van der Waals surface area contributed by atoms with Gasteiger partial charge in [-0.05, 0) is 27.2 Å². The van der Waals surface area contributed by atoms with Gasteiger partial charge in [0.25, 0.3) is 0 Å². The van der Waals surface area contributed by atoms with Gasteiger partial charge in [0.2, 0.25) is 5.96 Å². The molecule has 84 valence electrons. The lowest BCUT2D eigenvalue weighted by Gasteiger charge is -2.27. The normalized spacial score (nSPS) is 14.4. The van der Waals surface area contributed by atoms with Crippen molar-refractivity contribution in [2.24, 2.45) is 10.8 Å². The fourth-order valence-electron chi connectivity index (χ4n) is 1.29. The molecule has 4 nitrogen and oxygen atoms in total. The van der Waals surface area contributed by atoms with E-state index >= 15 is 0 Å². The molecule has 0 saturated carbocycles. The van der Waals surface area contributed by atoms with Crippen LogP contribution in [0.5, 0.6) is 0 Å². The number of nitrogens with one attached hydrogen (secondary N) is 1. The van der Waals surface area contributed by atoms with E-state index in [9.17, 15) is 0 Å². The number of hydrogen-bond donors (Lipinski definition) is 2. The first-order valence-corrected chi connectivity index (χ1v) is 5.30. The number of hydrazine groups is 1. The summed E-state index contributed by atoms with van der Waals surface area (Å²) in [5.41, 5.74) is 2.65. The van der Waals surface area contributed by atoms with Crippen LogP contribution in [-0.4, -0.2) is 30.0 Å². The van der Waals surface area contributed by atoms with Crippen molar-refractivity contribution >= 4 is 5.96 Å². The summed E-state index contributed by atoms with van der Waals surface area (Å²) in [5.74, 6) is 6.20. The van der Waals surface area contributed by atoms with Crippen LogP contribution in [0, 0.1) is 0 Å². The maximum absolute atomic E-state index is 5.43. The molecule has 0 aliphatic heterocycles. The van der Waals surface area contributed by atoms with Gasteiger partial charge < -0.3 is 4.90 Å². The molecule has 4 heteroatoms. The summed E-state index contributed by atoms with van der Waals surface area (Å²) in [4.78, 5) is 6.49. The second kappa shape index (κ2) is 6.65. The summed E-state index contributed by atoms with van der Waals surface area (Å²) < 4.78 is 0. The molecule has 1 atom stereocenters. The molecule has 0 saturated heterocycles. The van der Waals surface area contributed by atoms with E-state index < -0.39 is 0 Å². The van der Waals surface area contributed by atoms with Crippen molar-refractivity contribution in [3.05, 3.63) is 0 Å². The zero-order valence-corrected chi connectivity index (χ0v) is 10.0. The summed E-state index contributed by atoms with van der Waals surface area (Å²) in [6, 6.07) is 0.728. The van der Waals surface area contributed by atoms with Gasteiger partial charge in [0.05, 0.1) is 0 Å². The van der Waals surface area contributed by atoms with Crippen LogP contribution in [0.1, 0.15) is 40.5 Å². The summed E-state index contributed by atoms with van der Waals surface area (Å²) in [5, 5.41) is 0. The van der Waals surface area contributed by atoms with Crippen LogP contribution in [0.15, 0.2) is 4.99 Å². The third-order valence-corrected chi connectivity index (χ3v) is 2.21. The van der Waals surface area contributed by atoms with Crippen LogP contribution in [0.4, 0.5) is 0 Å². The van der Waals surface area contributed by atoms with E-state index in [2.05, 4.69) is 29.2 Å². The standard InChI is InChI=1S/C10H24N4/c1-6-7-9(4)14(5)10(13-11)12-8(2)3/h8-9H,6-7,11H2,1-5H3,(H,12,13). The summed E-state index contributed by atoms with van der Waals surface area (Å²) in [7, 11) is 2.02. The Morgan fingerprint density at radius 3 is 2.36 bits per heavy atom. The van der Waals surface area contributed by atoms with E-state index in [0.29, 0.717) is 6.04 Å². The van der Waals surface area contributed by atoms with Crippen LogP contribution in [0.2, 0.25) is 0 Å². The van der Waals surface area contributed by atoms with Gasteiger partial charge in [0, 0.05) is 19.1 Å². The predicted octanol–water partition coefficient (Wildman–Crippen LogP) is 1.33. The molecule has 0 amide bonds. The van der Waals surface area contributed by atoms with E-state index in [1.165, 1.54) is 6.42 Å². The van der Waals surface area contributed by atoms with Crippen LogP contribution >= 0.6 is 0 Å². The van der Waals surface area contributed by atoms with E-state index in [4.69, 9.17) is 5.84 Å². The van der Waals surface area contributed by atoms with Gasteiger partial charge in [-0.2, -0.15) is 0 Å². The molecule has 0 radical (unpaired) electrons. The number of guanidine groups is 1. The Labute approximate surface area is 87.5 Å². The van der Waals surface area contributed by atoms with Crippen molar-refractivity contribution in [3.8, 4) is 0 Å². The molecule has 0 spiro atoms. The van der Waals surface area contributed by atoms with Crippen LogP contribution in [0.25, 0.3) is 0 Å². The van der Waals surface area contributed by atoms with Crippen molar-refractivity contribution in [1.29, 1.82) is 0 Å². The Morgan fingerprint density at radius 2 is 2.00 bits per heavy atom. The lowest BCUT2D eigenvalue weighted by molar-refractivity contribution is 0.353. The number of aliphatic imine (C=N–C) groups is 1. The maximum atomic E-state index is 5.43. The highest BCUT2D eigenvalue weighted by Gasteiger charge is 2.12. The van der Waals surface area contributed by atoms with Crippen molar-refractivity contribution in [3.63, 3.8) is 0 Å². The van der Waals surface area contributed by atoms with Gasteiger partial charge in [-0.15, -0.1) is 0 Å². The second-order valence-electron chi connectivity index (χ2n) is 3.94. The number of nitrogens with two attached hydrogens (primary N) is 1. The van der Waals surface area contributed by atoms with Gasteiger partial charge in [-0.25, -0.2) is 10.8 Å². The zero-order chi connectivity index (χ0) is 11.1. The number of hydrogen-bond acceptors (Lipinski definition) is 2. The first kappa shape index (κ1) is 13.2. The number of rotatable bonds is 4. The monoisotopic (exact) mass is 200 g/mol. The van der Waals surface area contributed by atoms with Crippen molar-refractivity contribution < 1.29 is 0 Å². The van der Waals surface area contributed by atoms with E-state index in [0.717, 1.165) is 12.4 Å². The molecular weight excluding hydrogens is 176 g/mol. The average molecular weight is 200 g/mol. The fourth-order valence-corrected chi connectivity index (χ4v) is 1.29. The SMILES string of the molecule is CCCC(C)N(C)C(=NC(C)C)NN. The third kappa shape index (κ3) is 4.46. The van der Waals surface area contributed by atoms with Crippen LogP contribution in [0.3, 0.4) is 0 Å². The predicted molar refractivity (Wildman–Crippen MR) is 62.0 cm³/mol. The summed E-state index contributed by atoms with van der Waals surface area (Å²) in [6.07, 6.45) is 2.32. The van der Waals surface area contributed by atoms with Gasteiger partial charge in [0.15, 0.2) is 0 Å². The van der Waals surface area contributed by atoms with Crippen molar-refractivity contribution in [2.75, 3.05) is 7.05 Å². The molecule has 0 aromatic heterocycles. The minimum Gasteiger partial charge on any atom is -0.342 e. The second-order valence-corrected chi connectivity index (χ2v) is 3.94. The maximum Gasteiger partial charge on any atom is 0.208 e. The molecule has 1 unspecified atom stereocenters. The molecule has 0 fully saturated rings. The quantitative estimate of drug-likeness (QED) is 0.311. The Balaban J connectivity index is 4.37. The highest BCUT2D eigenvalue weighted by molar-refractivity contribution is 5.79. The van der Waals surface area contributed by atoms with E-state index in [1.54, 1.807) is 0 Å². The Bertz CT molecular complexity index is 177. The van der Waals surface area contributed by atoms with Crippen LogP contribution < -0.4 is 11.3 Å². The summed E-state index contributed by atoms with van der Waals surface area (Å²) in [6.45, 7) is 8.43.